The fraction of sp³-hybridized carbons (Fsp3) is 0.433. The number of hydrogen-bond acceptors (Lipinski definition) is 7. The molecule has 0 amide bonds. The molecule has 0 N–H and O–H groups in total. The highest BCUT2D eigenvalue weighted by Crippen LogP contribution is 2.48. The van der Waals surface area contributed by atoms with Crippen molar-refractivity contribution in [3.63, 3.8) is 0 Å². The van der Waals surface area contributed by atoms with Gasteiger partial charge in [-0.3, -0.25) is 4.99 Å². The van der Waals surface area contributed by atoms with Crippen molar-refractivity contribution in [1.82, 2.24) is 9.97 Å². The van der Waals surface area contributed by atoms with Crippen molar-refractivity contribution in [3.8, 4) is 11.5 Å². The second-order valence-electron chi connectivity index (χ2n) is 9.98. The molecule has 2 atom stereocenters. The lowest BCUT2D eigenvalue weighted by atomic mass is 10.0. The molecule has 0 radical (unpaired) electrons. The molecule has 2 unspecified atom stereocenters. The SMILES string of the molecule is CN=C(C=C1CCCC1)C1CC1c1cc(/C=C2\N=C(C)N=C2Cc2ccc(OC)c(OC)c2)nc(C)n1. The van der Waals surface area contributed by atoms with Gasteiger partial charge in [0.05, 0.1) is 31.3 Å². The minimum atomic E-state index is 0.393. The average Bonchev–Trinajstić information content (AvgIpc) is 3.37. The van der Waals surface area contributed by atoms with Crippen LogP contribution in [0.2, 0.25) is 0 Å². The highest BCUT2D eigenvalue weighted by atomic mass is 16.5. The summed E-state index contributed by atoms with van der Waals surface area (Å²) < 4.78 is 10.8. The molecule has 1 aromatic heterocycles. The molecular weight excluding hydrogens is 462 g/mol. The summed E-state index contributed by atoms with van der Waals surface area (Å²) in [5.74, 6) is 3.78. The fourth-order valence-corrected chi connectivity index (χ4v) is 5.33. The van der Waals surface area contributed by atoms with Crippen LogP contribution in [0.3, 0.4) is 0 Å². The van der Waals surface area contributed by atoms with Crippen LogP contribution in [-0.2, 0) is 6.42 Å². The van der Waals surface area contributed by atoms with Gasteiger partial charge in [0.2, 0.25) is 0 Å². The van der Waals surface area contributed by atoms with Crippen LogP contribution in [0.4, 0.5) is 0 Å². The summed E-state index contributed by atoms with van der Waals surface area (Å²) in [5, 5.41) is 0. The molecule has 3 aliphatic rings. The maximum Gasteiger partial charge on any atom is 0.160 e. The Morgan fingerprint density at radius 2 is 1.81 bits per heavy atom. The zero-order chi connectivity index (χ0) is 25.9. The minimum absolute atomic E-state index is 0.393. The van der Waals surface area contributed by atoms with Gasteiger partial charge < -0.3 is 9.47 Å². The maximum atomic E-state index is 5.47. The molecule has 1 aromatic carbocycles. The van der Waals surface area contributed by atoms with Gasteiger partial charge >= 0.3 is 0 Å². The topological polar surface area (TPSA) is 81.3 Å². The van der Waals surface area contributed by atoms with Crippen LogP contribution in [0.25, 0.3) is 6.08 Å². The van der Waals surface area contributed by atoms with Crippen LogP contribution in [-0.4, -0.2) is 48.5 Å². The zero-order valence-electron chi connectivity index (χ0n) is 22.4. The number of ether oxygens (including phenoxy) is 2. The number of aliphatic imine (C=N–C) groups is 3. The Morgan fingerprint density at radius 3 is 2.54 bits per heavy atom. The van der Waals surface area contributed by atoms with Crippen molar-refractivity contribution in [1.29, 1.82) is 0 Å². The third-order valence-corrected chi connectivity index (χ3v) is 7.26. The first kappa shape index (κ1) is 25.1. The maximum absolute atomic E-state index is 5.47. The summed E-state index contributed by atoms with van der Waals surface area (Å²) >= 11 is 0. The van der Waals surface area contributed by atoms with E-state index in [-0.39, 0.29) is 0 Å². The molecule has 7 nitrogen and oxygen atoms in total. The monoisotopic (exact) mass is 497 g/mol. The summed E-state index contributed by atoms with van der Waals surface area (Å²) in [4.78, 5) is 23.5. The summed E-state index contributed by atoms with van der Waals surface area (Å²) in [6, 6.07) is 8.05. The van der Waals surface area contributed by atoms with E-state index in [0.717, 1.165) is 46.4 Å². The van der Waals surface area contributed by atoms with Crippen molar-refractivity contribution in [2.24, 2.45) is 20.9 Å². The molecule has 2 aliphatic carbocycles. The van der Waals surface area contributed by atoms with Gasteiger partial charge in [0.1, 0.15) is 11.7 Å². The first-order valence-corrected chi connectivity index (χ1v) is 13.0. The second kappa shape index (κ2) is 10.8. The quantitative estimate of drug-likeness (QED) is 0.423. The average molecular weight is 498 g/mol. The lowest BCUT2D eigenvalue weighted by molar-refractivity contribution is 0.354. The molecule has 7 heteroatoms. The number of aryl methyl sites for hydroxylation is 1. The number of amidine groups is 1. The summed E-state index contributed by atoms with van der Waals surface area (Å²) in [7, 11) is 5.20. The Hall–Kier alpha value is -3.61. The van der Waals surface area contributed by atoms with Gasteiger partial charge in [0.15, 0.2) is 11.5 Å². The zero-order valence-corrected chi connectivity index (χ0v) is 22.4. The Labute approximate surface area is 219 Å². The van der Waals surface area contributed by atoms with Crippen LogP contribution < -0.4 is 9.47 Å². The number of benzene rings is 1. The second-order valence-corrected chi connectivity index (χ2v) is 9.98. The summed E-state index contributed by atoms with van der Waals surface area (Å²) in [6.07, 6.45) is 11.1. The molecule has 5 rings (SSSR count). The first-order chi connectivity index (χ1) is 18.0. The lowest BCUT2D eigenvalue weighted by Gasteiger charge is -2.10. The molecular formula is C30H35N5O2. The Balaban J connectivity index is 1.36. The molecule has 1 aliphatic heterocycles. The van der Waals surface area contributed by atoms with Crippen molar-refractivity contribution in [2.75, 3.05) is 21.3 Å². The van der Waals surface area contributed by atoms with Crippen LogP contribution in [0, 0.1) is 12.8 Å². The van der Waals surface area contributed by atoms with Gasteiger partial charge in [-0.15, -0.1) is 0 Å². The van der Waals surface area contributed by atoms with E-state index in [2.05, 4.69) is 17.1 Å². The van der Waals surface area contributed by atoms with E-state index >= 15 is 0 Å². The third kappa shape index (κ3) is 5.71. The summed E-state index contributed by atoms with van der Waals surface area (Å²) in [6.45, 7) is 3.88. The van der Waals surface area contributed by atoms with E-state index in [9.17, 15) is 0 Å². The van der Waals surface area contributed by atoms with Gasteiger partial charge in [0, 0.05) is 36.7 Å². The molecule has 192 valence electrons. The fourth-order valence-electron chi connectivity index (χ4n) is 5.33. The minimum Gasteiger partial charge on any atom is -0.493 e. The lowest BCUT2D eigenvalue weighted by Crippen LogP contribution is -2.05. The number of allylic oxidation sites excluding steroid dienone is 3. The van der Waals surface area contributed by atoms with Gasteiger partial charge in [-0.2, -0.15) is 0 Å². The smallest absolute Gasteiger partial charge is 0.160 e. The van der Waals surface area contributed by atoms with Crippen LogP contribution in [0.15, 0.2) is 56.6 Å². The third-order valence-electron chi connectivity index (χ3n) is 7.26. The molecule has 0 spiro atoms. The van der Waals surface area contributed by atoms with Crippen molar-refractivity contribution in [2.45, 2.75) is 58.3 Å². The predicted octanol–water partition coefficient (Wildman–Crippen LogP) is 5.93. The molecule has 2 heterocycles. The largest absolute Gasteiger partial charge is 0.493 e. The number of aromatic nitrogens is 2. The summed E-state index contributed by atoms with van der Waals surface area (Å²) in [5.41, 5.74) is 7.55. The van der Waals surface area contributed by atoms with Crippen LogP contribution in [0.5, 0.6) is 11.5 Å². The molecule has 37 heavy (non-hydrogen) atoms. The Morgan fingerprint density at radius 1 is 1.03 bits per heavy atom. The highest BCUT2D eigenvalue weighted by Gasteiger charge is 2.42. The van der Waals surface area contributed by atoms with Crippen LogP contribution >= 0.6 is 0 Å². The van der Waals surface area contributed by atoms with E-state index in [1.54, 1.807) is 19.8 Å². The standard InChI is InChI=1S/C30H35N5O2/c1-18-32-22(15-26(33-18)24-17-23(24)25(31-3)12-20-8-6-7-9-20)16-28-27(34-19(2)35-28)13-21-10-11-29(36-4)30(14-21)37-5/h10-12,14-16,23-24H,6-9,13,17H2,1-5H3/b28-16-,31-25?. The number of methoxy groups -OCH3 is 2. The molecule has 2 aromatic rings. The van der Waals surface area contributed by atoms with Gasteiger partial charge in [-0.05, 0) is 81.9 Å². The molecule has 2 fully saturated rings. The van der Waals surface area contributed by atoms with Crippen molar-refractivity contribution in [3.05, 3.63) is 64.4 Å². The van der Waals surface area contributed by atoms with Crippen molar-refractivity contribution >= 4 is 23.3 Å². The first-order valence-electron chi connectivity index (χ1n) is 13.0. The van der Waals surface area contributed by atoms with E-state index in [1.165, 1.54) is 31.4 Å². The van der Waals surface area contributed by atoms with Crippen LogP contribution in [0.1, 0.15) is 67.7 Å². The van der Waals surface area contributed by atoms with Gasteiger partial charge in [0.25, 0.3) is 0 Å². The molecule has 0 saturated heterocycles. The van der Waals surface area contributed by atoms with E-state index in [1.807, 2.05) is 45.2 Å². The van der Waals surface area contributed by atoms with Gasteiger partial charge in [-0.1, -0.05) is 11.6 Å². The number of nitrogens with zero attached hydrogens (tertiary/aromatic N) is 5. The number of rotatable bonds is 8. The molecule has 2 saturated carbocycles. The van der Waals surface area contributed by atoms with Gasteiger partial charge in [-0.25, -0.2) is 20.0 Å². The van der Waals surface area contributed by atoms with Crippen molar-refractivity contribution < 1.29 is 9.47 Å². The Bertz CT molecular complexity index is 1340. The normalized spacial score (nSPS) is 22.2. The van der Waals surface area contributed by atoms with E-state index < -0.39 is 0 Å². The predicted molar refractivity (Wildman–Crippen MR) is 149 cm³/mol. The van der Waals surface area contributed by atoms with E-state index in [4.69, 9.17) is 29.4 Å². The highest BCUT2D eigenvalue weighted by molar-refractivity contribution is 6.15. The Kier molecular flexibility index (Phi) is 7.31. The van der Waals surface area contributed by atoms with E-state index in [0.29, 0.717) is 29.8 Å². The number of hydrogen-bond donors (Lipinski definition) is 0. The molecule has 0 bridgehead atoms.